The minimum Gasteiger partial charge on any atom is -0.477 e. The van der Waals surface area contributed by atoms with Crippen LogP contribution in [0.2, 0.25) is 5.02 Å². The smallest absolute Gasteiger partial charge is 0.346 e. The first-order valence-electron chi connectivity index (χ1n) is 7.11. The molecule has 0 unspecified atom stereocenters. The third-order valence-corrected chi connectivity index (χ3v) is 4.86. The molecule has 1 aromatic carbocycles. The van der Waals surface area contributed by atoms with E-state index in [1.807, 2.05) is 6.07 Å². The van der Waals surface area contributed by atoms with Crippen molar-refractivity contribution in [3.05, 3.63) is 62.4 Å². The molecule has 0 radical (unpaired) electrons. The molecule has 2 aromatic heterocycles. The van der Waals surface area contributed by atoms with Crippen molar-refractivity contribution in [2.45, 2.75) is 13.5 Å². The van der Waals surface area contributed by atoms with Crippen LogP contribution in [-0.2, 0) is 6.54 Å². The van der Waals surface area contributed by atoms with Crippen molar-refractivity contribution in [1.29, 1.82) is 0 Å². The second-order valence-electron chi connectivity index (χ2n) is 5.20. The number of hydrogen-bond donors (Lipinski definition) is 2. The molecular formula is C17H13ClN2O3S. The summed E-state index contributed by atoms with van der Waals surface area (Å²) in [6.45, 7) is 1.89. The number of carboxylic acid groups (broad SMARTS) is 1. The lowest BCUT2D eigenvalue weighted by Gasteiger charge is -2.09. The number of nitrogens with one attached hydrogen (secondary N) is 1. The highest BCUT2D eigenvalue weighted by atomic mass is 35.5. The van der Waals surface area contributed by atoms with E-state index in [0.29, 0.717) is 27.4 Å². The Morgan fingerprint density at radius 1 is 1.33 bits per heavy atom. The number of carbonyl (C=O) groups is 2. The monoisotopic (exact) mass is 360 g/mol. The first-order chi connectivity index (χ1) is 11.5. The quantitative estimate of drug-likeness (QED) is 0.739. The molecular weight excluding hydrogens is 348 g/mol. The number of aryl methyl sites for hydroxylation is 1. The SMILES string of the molecule is Cc1nc2c(Cl)cccc2cc1C(=O)NCc1ccsc1C(=O)O. The Kier molecular flexibility index (Phi) is 4.51. The summed E-state index contributed by atoms with van der Waals surface area (Å²) in [7, 11) is 0. The fourth-order valence-corrected chi connectivity index (χ4v) is 3.40. The average molecular weight is 361 g/mol. The van der Waals surface area contributed by atoms with Gasteiger partial charge in [0.1, 0.15) is 4.88 Å². The molecule has 0 fully saturated rings. The number of hydrogen-bond acceptors (Lipinski definition) is 4. The van der Waals surface area contributed by atoms with Crippen molar-refractivity contribution in [2.24, 2.45) is 0 Å². The highest BCUT2D eigenvalue weighted by Gasteiger charge is 2.15. The minimum atomic E-state index is -0.993. The Hall–Kier alpha value is -2.44. The zero-order chi connectivity index (χ0) is 17.3. The maximum Gasteiger partial charge on any atom is 0.346 e. The lowest BCUT2D eigenvalue weighted by molar-refractivity contribution is 0.0700. The van der Waals surface area contributed by atoms with Crippen molar-refractivity contribution >= 4 is 45.7 Å². The summed E-state index contributed by atoms with van der Waals surface area (Å²) in [5.41, 5.74) is 2.24. The number of carboxylic acids is 1. The molecule has 7 heteroatoms. The average Bonchev–Trinajstić information content (AvgIpc) is 3.02. The molecule has 122 valence electrons. The van der Waals surface area contributed by atoms with Gasteiger partial charge in [0.25, 0.3) is 5.91 Å². The first kappa shape index (κ1) is 16.4. The topological polar surface area (TPSA) is 79.3 Å². The highest BCUT2D eigenvalue weighted by molar-refractivity contribution is 7.12. The van der Waals surface area contributed by atoms with Crippen LogP contribution in [-0.4, -0.2) is 22.0 Å². The maximum absolute atomic E-state index is 12.4. The Morgan fingerprint density at radius 2 is 2.12 bits per heavy atom. The highest BCUT2D eigenvalue weighted by Crippen LogP contribution is 2.24. The van der Waals surface area contributed by atoms with Crippen LogP contribution in [0.4, 0.5) is 0 Å². The molecule has 2 heterocycles. The van der Waals surface area contributed by atoms with E-state index in [4.69, 9.17) is 16.7 Å². The van der Waals surface area contributed by atoms with Crippen LogP contribution >= 0.6 is 22.9 Å². The predicted octanol–water partition coefficient (Wildman–Crippen LogP) is 3.89. The van der Waals surface area contributed by atoms with E-state index < -0.39 is 5.97 Å². The number of fused-ring (bicyclic) bond motifs is 1. The normalized spacial score (nSPS) is 10.8. The van der Waals surface area contributed by atoms with Crippen LogP contribution in [0.3, 0.4) is 0 Å². The second kappa shape index (κ2) is 6.59. The summed E-state index contributed by atoms with van der Waals surface area (Å²) < 4.78 is 0. The van der Waals surface area contributed by atoms with E-state index in [1.54, 1.807) is 36.6 Å². The van der Waals surface area contributed by atoms with Crippen LogP contribution < -0.4 is 5.32 Å². The van der Waals surface area contributed by atoms with E-state index in [0.717, 1.165) is 16.7 Å². The predicted molar refractivity (Wildman–Crippen MR) is 93.9 cm³/mol. The lowest BCUT2D eigenvalue weighted by Crippen LogP contribution is -2.24. The number of rotatable bonds is 4. The number of benzene rings is 1. The van der Waals surface area contributed by atoms with Gasteiger partial charge in [-0.25, -0.2) is 4.79 Å². The molecule has 24 heavy (non-hydrogen) atoms. The molecule has 0 aliphatic carbocycles. The van der Waals surface area contributed by atoms with Gasteiger partial charge < -0.3 is 10.4 Å². The molecule has 0 aliphatic heterocycles. The minimum absolute atomic E-state index is 0.150. The molecule has 3 rings (SSSR count). The molecule has 0 bridgehead atoms. The van der Waals surface area contributed by atoms with Crippen LogP contribution in [0.25, 0.3) is 10.9 Å². The molecule has 0 aliphatic rings. The summed E-state index contributed by atoms with van der Waals surface area (Å²) >= 11 is 7.25. The van der Waals surface area contributed by atoms with Crippen LogP contribution in [0, 0.1) is 6.92 Å². The summed E-state index contributed by atoms with van der Waals surface area (Å²) in [5, 5.41) is 14.9. The molecule has 0 spiro atoms. The van der Waals surface area contributed by atoms with Gasteiger partial charge >= 0.3 is 5.97 Å². The number of thiophene rings is 1. The Bertz CT molecular complexity index is 952. The fourth-order valence-electron chi connectivity index (χ4n) is 2.42. The number of aromatic nitrogens is 1. The van der Waals surface area contributed by atoms with Gasteiger partial charge in [-0.3, -0.25) is 9.78 Å². The van der Waals surface area contributed by atoms with Crippen molar-refractivity contribution in [3.8, 4) is 0 Å². The second-order valence-corrected chi connectivity index (χ2v) is 6.52. The van der Waals surface area contributed by atoms with Gasteiger partial charge in [0.2, 0.25) is 0 Å². The van der Waals surface area contributed by atoms with Gasteiger partial charge in [-0.15, -0.1) is 11.3 Å². The van der Waals surface area contributed by atoms with Gasteiger partial charge in [-0.2, -0.15) is 0 Å². The Morgan fingerprint density at radius 3 is 2.88 bits per heavy atom. The third-order valence-electron chi connectivity index (χ3n) is 3.61. The van der Waals surface area contributed by atoms with Crippen molar-refractivity contribution < 1.29 is 14.7 Å². The van der Waals surface area contributed by atoms with E-state index in [-0.39, 0.29) is 17.3 Å². The standard InChI is InChI=1S/C17H13ClN2O3S/c1-9-12(7-10-3-2-4-13(18)14(10)20-9)16(21)19-8-11-5-6-24-15(11)17(22)23/h2-7H,8H2,1H3,(H,19,21)(H,22,23). The largest absolute Gasteiger partial charge is 0.477 e. The maximum atomic E-state index is 12.4. The molecule has 5 nitrogen and oxygen atoms in total. The number of para-hydroxylation sites is 1. The van der Waals surface area contributed by atoms with E-state index in [9.17, 15) is 9.59 Å². The fraction of sp³-hybridized carbons (Fsp3) is 0.118. The Balaban J connectivity index is 1.85. The van der Waals surface area contributed by atoms with E-state index in [1.165, 1.54) is 0 Å². The molecule has 0 atom stereocenters. The van der Waals surface area contributed by atoms with Crippen molar-refractivity contribution in [3.63, 3.8) is 0 Å². The van der Waals surface area contributed by atoms with Gasteiger partial charge in [-0.05, 0) is 36.1 Å². The van der Waals surface area contributed by atoms with Crippen molar-refractivity contribution in [2.75, 3.05) is 0 Å². The molecule has 3 aromatic rings. The van der Waals surface area contributed by atoms with Crippen molar-refractivity contribution in [1.82, 2.24) is 10.3 Å². The van der Waals surface area contributed by atoms with E-state index >= 15 is 0 Å². The van der Waals surface area contributed by atoms with Crippen LogP contribution in [0.15, 0.2) is 35.7 Å². The van der Waals surface area contributed by atoms with Gasteiger partial charge in [0.15, 0.2) is 0 Å². The van der Waals surface area contributed by atoms with Gasteiger partial charge in [-0.1, -0.05) is 23.7 Å². The summed E-state index contributed by atoms with van der Waals surface area (Å²) in [5.74, 6) is -1.29. The van der Waals surface area contributed by atoms with Gasteiger partial charge in [0, 0.05) is 11.9 Å². The number of carbonyl (C=O) groups excluding carboxylic acids is 1. The zero-order valence-electron chi connectivity index (χ0n) is 12.7. The summed E-state index contributed by atoms with van der Waals surface area (Å²) in [6.07, 6.45) is 0. The van der Waals surface area contributed by atoms with Gasteiger partial charge in [0.05, 0.1) is 21.8 Å². The summed E-state index contributed by atoms with van der Waals surface area (Å²) in [4.78, 5) is 28.2. The molecule has 0 saturated carbocycles. The number of aromatic carboxylic acids is 1. The number of halogens is 1. The first-order valence-corrected chi connectivity index (χ1v) is 8.37. The Labute approximate surface area is 146 Å². The third kappa shape index (κ3) is 3.11. The lowest BCUT2D eigenvalue weighted by atomic mass is 10.1. The number of nitrogens with zero attached hydrogens (tertiary/aromatic N) is 1. The zero-order valence-corrected chi connectivity index (χ0v) is 14.2. The van der Waals surface area contributed by atoms with Crippen LogP contribution in [0.5, 0.6) is 0 Å². The molecule has 1 amide bonds. The van der Waals surface area contributed by atoms with E-state index in [2.05, 4.69) is 10.3 Å². The van der Waals surface area contributed by atoms with Crippen LogP contribution in [0.1, 0.15) is 31.3 Å². The molecule has 0 saturated heterocycles. The summed E-state index contributed by atoms with van der Waals surface area (Å²) in [6, 6.07) is 8.82. The number of amides is 1. The molecule has 2 N–H and O–H groups in total. The number of pyridine rings is 1.